The molecule has 0 aromatic heterocycles. The van der Waals surface area contributed by atoms with Gasteiger partial charge in [-0.25, -0.2) is 0 Å². The van der Waals surface area contributed by atoms with Gasteiger partial charge in [0.1, 0.15) is 12.4 Å². The maximum atomic E-state index is 10.5. The van der Waals surface area contributed by atoms with Crippen LogP contribution in [-0.2, 0) is 9.47 Å². The fraction of sp³-hybridized carbons (Fsp3) is 0.625. The molecule has 2 atom stereocenters. The number of nitrogens with two attached hydrogens (primary N) is 1. The lowest BCUT2D eigenvalue weighted by molar-refractivity contribution is 0.0940. The van der Waals surface area contributed by atoms with Gasteiger partial charge in [0.15, 0.2) is 0 Å². The maximum Gasteiger partial charge on any atom is 0.112 e. The number of aliphatic hydroxyl groups is 1. The summed E-state index contributed by atoms with van der Waals surface area (Å²) < 4.78 is 10.8. The minimum Gasteiger partial charge on any atom is -0.492 e. The van der Waals surface area contributed by atoms with E-state index >= 15 is 0 Å². The van der Waals surface area contributed by atoms with Gasteiger partial charge in [0.25, 0.3) is 0 Å². The number of rotatable bonds is 4. The van der Waals surface area contributed by atoms with Gasteiger partial charge in [-0.15, -0.1) is 0 Å². The van der Waals surface area contributed by atoms with Gasteiger partial charge in [-0.2, -0.15) is 0 Å². The predicted octanol–water partition coefficient (Wildman–Crippen LogP) is 0.813. The summed E-state index contributed by atoms with van der Waals surface area (Å²) in [5, 5.41) is 10.5. The molecule has 21 heavy (non-hydrogen) atoms. The molecular formula is C16H26N2O3. The largest absolute Gasteiger partial charge is 0.492 e. The third-order valence-electron chi connectivity index (χ3n) is 3.78. The van der Waals surface area contributed by atoms with E-state index in [9.17, 15) is 5.11 Å². The van der Waals surface area contributed by atoms with Crippen LogP contribution < -0.4 is 5.73 Å². The quantitative estimate of drug-likeness (QED) is 0.803. The molecular weight excluding hydrogens is 268 g/mol. The first-order chi connectivity index (χ1) is 10.2. The van der Waals surface area contributed by atoms with Crippen LogP contribution in [0.1, 0.15) is 12.8 Å². The van der Waals surface area contributed by atoms with E-state index in [4.69, 9.17) is 15.2 Å². The summed E-state index contributed by atoms with van der Waals surface area (Å²) in [6, 6.07) is -0.323. The van der Waals surface area contributed by atoms with Crippen LogP contribution in [0.5, 0.6) is 0 Å². The van der Waals surface area contributed by atoms with E-state index in [0.29, 0.717) is 32.1 Å². The highest BCUT2D eigenvalue weighted by molar-refractivity contribution is 5.30. The second kappa shape index (κ2) is 8.34. The van der Waals surface area contributed by atoms with Crippen LogP contribution in [0.15, 0.2) is 36.1 Å². The molecule has 0 radical (unpaired) electrons. The number of aliphatic hydroxyl groups excluding tert-OH is 1. The molecule has 3 N–H and O–H groups in total. The molecule has 0 aromatic rings. The molecule has 0 amide bonds. The van der Waals surface area contributed by atoms with Crippen molar-refractivity contribution in [2.75, 3.05) is 39.5 Å². The molecule has 1 fully saturated rings. The number of hydrogen-bond donors (Lipinski definition) is 2. The van der Waals surface area contributed by atoms with Gasteiger partial charge >= 0.3 is 0 Å². The van der Waals surface area contributed by atoms with Crippen molar-refractivity contribution < 1.29 is 14.6 Å². The Bertz CT molecular complexity index is 400. The van der Waals surface area contributed by atoms with Crippen molar-refractivity contribution in [3.63, 3.8) is 0 Å². The topological polar surface area (TPSA) is 68.0 Å². The molecule has 0 aliphatic carbocycles. The zero-order chi connectivity index (χ0) is 15.1. The minimum absolute atomic E-state index is 0.323. The summed E-state index contributed by atoms with van der Waals surface area (Å²) in [5.41, 5.74) is 6.88. The summed E-state index contributed by atoms with van der Waals surface area (Å²) in [6.07, 6.45) is 7.18. The number of nitrogens with zero attached hydrogens (tertiary/aromatic N) is 1. The van der Waals surface area contributed by atoms with Crippen molar-refractivity contribution in [3.05, 3.63) is 36.1 Å². The van der Waals surface area contributed by atoms with E-state index < -0.39 is 6.10 Å². The summed E-state index contributed by atoms with van der Waals surface area (Å²) >= 11 is 0. The SMILES string of the molecule is C=C1/C=C(C(O)C(N)CN2CCCC2)\C=C/COCCO1. The molecule has 5 nitrogen and oxygen atoms in total. The van der Waals surface area contributed by atoms with Crippen LogP contribution in [0.2, 0.25) is 0 Å². The zero-order valence-corrected chi connectivity index (χ0v) is 12.5. The van der Waals surface area contributed by atoms with Gasteiger partial charge in [-0.1, -0.05) is 18.7 Å². The zero-order valence-electron chi connectivity index (χ0n) is 12.5. The average molecular weight is 294 g/mol. The first-order valence-electron chi connectivity index (χ1n) is 7.60. The Morgan fingerprint density at radius 3 is 2.86 bits per heavy atom. The predicted molar refractivity (Wildman–Crippen MR) is 82.8 cm³/mol. The van der Waals surface area contributed by atoms with Gasteiger partial charge < -0.3 is 25.2 Å². The van der Waals surface area contributed by atoms with Crippen LogP contribution in [0, 0.1) is 0 Å². The van der Waals surface area contributed by atoms with Gasteiger partial charge in [0, 0.05) is 12.6 Å². The van der Waals surface area contributed by atoms with Gasteiger partial charge in [0.2, 0.25) is 0 Å². The van der Waals surface area contributed by atoms with E-state index in [1.807, 2.05) is 12.2 Å². The fourth-order valence-electron chi connectivity index (χ4n) is 2.64. The van der Waals surface area contributed by atoms with E-state index in [-0.39, 0.29) is 6.04 Å². The van der Waals surface area contributed by atoms with E-state index in [0.717, 1.165) is 18.7 Å². The highest BCUT2D eigenvalue weighted by Gasteiger charge is 2.22. The van der Waals surface area contributed by atoms with E-state index in [1.165, 1.54) is 12.8 Å². The second-order valence-corrected chi connectivity index (χ2v) is 5.55. The second-order valence-electron chi connectivity index (χ2n) is 5.55. The van der Waals surface area contributed by atoms with E-state index in [1.54, 1.807) is 6.08 Å². The van der Waals surface area contributed by atoms with Gasteiger partial charge in [-0.3, -0.25) is 0 Å². The Kier molecular flexibility index (Phi) is 6.45. The summed E-state index contributed by atoms with van der Waals surface area (Å²) in [4.78, 5) is 2.30. The molecule has 2 aliphatic rings. The van der Waals surface area contributed by atoms with Crippen LogP contribution in [0.3, 0.4) is 0 Å². The molecule has 5 heteroatoms. The van der Waals surface area contributed by atoms with Crippen LogP contribution in [0.4, 0.5) is 0 Å². The van der Waals surface area contributed by atoms with Crippen LogP contribution >= 0.6 is 0 Å². The summed E-state index contributed by atoms with van der Waals surface area (Å²) in [5.74, 6) is 0.521. The highest BCUT2D eigenvalue weighted by atomic mass is 16.5. The molecule has 1 saturated heterocycles. The Labute approximate surface area is 126 Å². The van der Waals surface area contributed by atoms with Crippen LogP contribution in [-0.4, -0.2) is 61.6 Å². The number of ether oxygens (including phenoxy) is 2. The Hall–Kier alpha value is -1.14. The molecule has 118 valence electrons. The van der Waals surface area contributed by atoms with Gasteiger partial charge in [0.05, 0.1) is 19.3 Å². The third kappa shape index (κ3) is 5.28. The Morgan fingerprint density at radius 2 is 2.10 bits per heavy atom. The molecule has 2 heterocycles. The summed E-state index contributed by atoms with van der Waals surface area (Å²) in [7, 11) is 0. The molecule has 2 rings (SSSR count). The van der Waals surface area contributed by atoms with Crippen molar-refractivity contribution in [2.45, 2.75) is 25.0 Å². The van der Waals surface area contributed by atoms with Crippen molar-refractivity contribution >= 4 is 0 Å². The molecule has 0 aromatic carbocycles. The normalized spacial score (nSPS) is 28.3. The molecule has 2 aliphatic heterocycles. The average Bonchev–Trinajstić information content (AvgIpc) is 2.97. The minimum atomic E-state index is -0.735. The monoisotopic (exact) mass is 294 g/mol. The molecule has 0 spiro atoms. The van der Waals surface area contributed by atoms with Crippen molar-refractivity contribution in [3.8, 4) is 0 Å². The molecule has 0 bridgehead atoms. The first-order valence-corrected chi connectivity index (χ1v) is 7.60. The third-order valence-corrected chi connectivity index (χ3v) is 3.78. The first kappa shape index (κ1) is 16.2. The summed E-state index contributed by atoms with van der Waals surface area (Å²) in [6.45, 7) is 8.17. The lowest BCUT2D eigenvalue weighted by atomic mass is 10.0. The number of hydrogen-bond acceptors (Lipinski definition) is 5. The Balaban J connectivity index is 1.99. The van der Waals surface area contributed by atoms with Crippen molar-refractivity contribution in [2.24, 2.45) is 5.73 Å². The molecule has 2 unspecified atom stereocenters. The van der Waals surface area contributed by atoms with Gasteiger partial charge in [-0.05, 0) is 37.6 Å². The number of likely N-dealkylation sites (tertiary alicyclic amines) is 1. The lowest BCUT2D eigenvalue weighted by Crippen LogP contribution is -2.44. The van der Waals surface area contributed by atoms with E-state index in [2.05, 4.69) is 11.5 Å². The van der Waals surface area contributed by atoms with Crippen molar-refractivity contribution in [1.29, 1.82) is 0 Å². The number of allylic oxidation sites excluding steroid dienone is 1. The lowest BCUT2D eigenvalue weighted by Gasteiger charge is -2.25. The fourth-order valence-corrected chi connectivity index (χ4v) is 2.64. The van der Waals surface area contributed by atoms with Crippen molar-refractivity contribution in [1.82, 2.24) is 4.90 Å². The maximum absolute atomic E-state index is 10.5. The molecule has 0 saturated carbocycles. The van der Waals surface area contributed by atoms with Crippen LogP contribution in [0.25, 0.3) is 0 Å². The standard InChI is InChI=1S/C16H26N2O3/c1-13-11-14(5-4-8-20-9-10-21-13)16(19)15(17)12-18-6-2-3-7-18/h4-5,11,15-16,19H,1-3,6-10,12,17H2/b5-4-,14-11+. The highest BCUT2D eigenvalue weighted by Crippen LogP contribution is 2.15. The smallest absolute Gasteiger partial charge is 0.112 e. The Morgan fingerprint density at radius 1 is 1.33 bits per heavy atom.